The number of carboxylic acid groups (broad SMARTS) is 1. The Morgan fingerprint density at radius 1 is 1.21 bits per heavy atom. The number of nitrogens with one attached hydrogen (secondary N) is 1. The van der Waals surface area contributed by atoms with Crippen molar-refractivity contribution in [3.63, 3.8) is 0 Å². The van der Waals surface area contributed by atoms with Crippen LogP contribution in [-0.4, -0.2) is 59.1 Å². The molecule has 152 valence electrons. The first-order valence-electron chi connectivity index (χ1n) is 9.00. The Hall–Kier alpha value is -2.97. The summed E-state index contributed by atoms with van der Waals surface area (Å²) in [4.78, 5) is 48.7. The zero-order chi connectivity index (χ0) is 20.5. The van der Waals surface area contributed by atoms with Crippen molar-refractivity contribution in [1.29, 1.82) is 0 Å². The van der Waals surface area contributed by atoms with Crippen molar-refractivity contribution in [1.82, 2.24) is 10.2 Å². The second-order valence-electron chi connectivity index (χ2n) is 6.50. The van der Waals surface area contributed by atoms with E-state index in [-0.39, 0.29) is 6.61 Å². The number of ketones is 1. The van der Waals surface area contributed by atoms with E-state index >= 15 is 0 Å². The number of nitrogens with zero attached hydrogens (tertiary/aromatic N) is 1. The summed E-state index contributed by atoms with van der Waals surface area (Å²) in [6.07, 6.45) is 0.318. The van der Waals surface area contributed by atoms with E-state index in [1.165, 1.54) is 4.90 Å². The Morgan fingerprint density at radius 3 is 2.57 bits per heavy atom. The second-order valence-corrected chi connectivity index (χ2v) is 6.50. The van der Waals surface area contributed by atoms with Gasteiger partial charge in [-0.3, -0.25) is 19.3 Å². The quantitative estimate of drug-likeness (QED) is 0.694. The van der Waals surface area contributed by atoms with Gasteiger partial charge >= 0.3 is 12.1 Å². The van der Waals surface area contributed by atoms with Crippen molar-refractivity contribution in [2.24, 2.45) is 0 Å². The van der Waals surface area contributed by atoms with E-state index in [1.807, 2.05) is 18.2 Å². The third-order valence-corrected chi connectivity index (χ3v) is 4.46. The number of carbonyl (C=O) groups is 4. The van der Waals surface area contributed by atoms with Crippen molar-refractivity contribution >= 4 is 23.8 Å². The molecule has 0 aliphatic carbocycles. The van der Waals surface area contributed by atoms with Crippen LogP contribution in [0.25, 0.3) is 0 Å². The fraction of sp³-hybridized carbons (Fsp3) is 0.474. The lowest BCUT2D eigenvalue weighted by Gasteiger charge is -2.34. The van der Waals surface area contributed by atoms with Gasteiger partial charge in [-0.1, -0.05) is 30.3 Å². The Balaban J connectivity index is 2.01. The molecule has 0 aromatic heterocycles. The molecule has 2 N–H and O–H groups in total. The van der Waals surface area contributed by atoms with Crippen LogP contribution in [0, 0.1) is 0 Å². The maximum absolute atomic E-state index is 12.7. The molecule has 1 saturated heterocycles. The fourth-order valence-corrected chi connectivity index (χ4v) is 3.01. The number of hydrogen-bond donors (Lipinski definition) is 2. The maximum atomic E-state index is 12.7. The first kappa shape index (κ1) is 21.3. The normalized spacial score (nSPS) is 17.5. The van der Waals surface area contributed by atoms with Gasteiger partial charge in [-0.25, -0.2) is 9.18 Å². The van der Waals surface area contributed by atoms with Gasteiger partial charge in [0.15, 0.2) is 5.78 Å². The largest absolute Gasteiger partial charge is 0.481 e. The molecule has 28 heavy (non-hydrogen) atoms. The van der Waals surface area contributed by atoms with E-state index in [2.05, 4.69) is 5.32 Å². The first-order chi connectivity index (χ1) is 13.4. The SMILES string of the molecule is O=C(O)CC(NC(=O)C1CCCCN1C(=O)OCc1ccccc1)C(=O)CF. The smallest absolute Gasteiger partial charge is 0.410 e. The number of ether oxygens (including phenoxy) is 1. The minimum atomic E-state index is -1.47. The lowest BCUT2D eigenvalue weighted by molar-refractivity contribution is -0.140. The molecule has 1 aromatic carbocycles. The summed E-state index contributed by atoms with van der Waals surface area (Å²) in [5, 5.41) is 11.1. The van der Waals surface area contributed by atoms with Crippen LogP contribution in [0.3, 0.4) is 0 Å². The molecule has 2 rings (SSSR count). The van der Waals surface area contributed by atoms with Crippen LogP contribution < -0.4 is 5.32 Å². The lowest BCUT2D eigenvalue weighted by Crippen LogP contribution is -2.55. The average Bonchev–Trinajstić information content (AvgIpc) is 2.71. The predicted octanol–water partition coefficient (Wildman–Crippen LogP) is 1.68. The molecule has 1 heterocycles. The number of likely N-dealkylation sites (tertiary alicyclic amines) is 1. The number of carboxylic acids is 1. The standard InChI is InChI=1S/C19H23FN2O6/c20-11-16(23)14(10-17(24)25)21-18(26)15-8-4-5-9-22(15)19(27)28-12-13-6-2-1-3-7-13/h1-3,6-7,14-15H,4-5,8-12H2,(H,21,26)(H,24,25). The highest BCUT2D eigenvalue weighted by molar-refractivity contribution is 5.94. The summed E-state index contributed by atoms with van der Waals surface area (Å²) in [6.45, 7) is -1.04. The highest BCUT2D eigenvalue weighted by Gasteiger charge is 2.35. The number of carbonyl (C=O) groups excluding carboxylic acids is 3. The van der Waals surface area contributed by atoms with Crippen molar-refractivity contribution in [3.8, 4) is 0 Å². The van der Waals surface area contributed by atoms with Crippen LogP contribution in [0.15, 0.2) is 30.3 Å². The number of amides is 2. The van der Waals surface area contributed by atoms with Gasteiger partial charge in [0.25, 0.3) is 0 Å². The number of aliphatic carboxylic acids is 1. The molecule has 2 unspecified atom stereocenters. The third-order valence-electron chi connectivity index (χ3n) is 4.46. The molecule has 0 radical (unpaired) electrons. The minimum Gasteiger partial charge on any atom is -0.481 e. The number of halogens is 1. The summed E-state index contributed by atoms with van der Waals surface area (Å²) in [5.41, 5.74) is 0.795. The maximum Gasteiger partial charge on any atom is 0.410 e. The Labute approximate surface area is 161 Å². The number of Topliss-reactive ketones (excluding diaryl/α,β-unsaturated/α-hetero) is 1. The molecule has 1 aromatic rings. The monoisotopic (exact) mass is 394 g/mol. The van der Waals surface area contributed by atoms with Crippen molar-refractivity contribution in [3.05, 3.63) is 35.9 Å². The highest BCUT2D eigenvalue weighted by Crippen LogP contribution is 2.19. The van der Waals surface area contributed by atoms with Crippen LogP contribution in [0.5, 0.6) is 0 Å². The van der Waals surface area contributed by atoms with Crippen LogP contribution in [0.1, 0.15) is 31.2 Å². The highest BCUT2D eigenvalue weighted by atomic mass is 19.1. The summed E-state index contributed by atoms with van der Waals surface area (Å²) in [5.74, 6) is -3.05. The summed E-state index contributed by atoms with van der Waals surface area (Å²) >= 11 is 0. The Kier molecular flexibility index (Phi) is 7.91. The zero-order valence-corrected chi connectivity index (χ0v) is 15.3. The number of alkyl halides is 1. The lowest BCUT2D eigenvalue weighted by atomic mass is 10.0. The molecule has 1 aliphatic heterocycles. The van der Waals surface area contributed by atoms with Gasteiger partial charge in [0.2, 0.25) is 5.91 Å². The molecule has 9 heteroatoms. The molecule has 0 spiro atoms. The van der Waals surface area contributed by atoms with E-state index in [0.29, 0.717) is 25.8 Å². The molecule has 2 amide bonds. The van der Waals surface area contributed by atoms with E-state index in [4.69, 9.17) is 9.84 Å². The average molecular weight is 394 g/mol. The van der Waals surface area contributed by atoms with Gasteiger partial charge < -0.3 is 15.2 Å². The van der Waals surface area contributed by atoms with Gasteiger partial charge in [0.1, 0.15) is 25.4 Å². The topological polar surface area (TPSA) is 113 Å². The van der Waals surface area contributed by atoms with Gasteiger partial charge in [-0.05, 0) is 24.8 Å². The molecule has 8 nitrogen and oxygen atoms in total. The Bertz CT molecular complexity index is 712. The van der Waals surface area contributed by atoms with E-state index in [0.717, 1.165) is 5.56 Å². The summed E-state index contributed by atoms with van der Waals surface area (Å²) < 4.78 is 17.9. The molecule has 0 bridgehead atoms. The molecule has 1 aliphatic rings. The van der Waals surface area contributed by atoms with Gasteiger partial charge in [0, 0.05) is 6.54 Å². The number of hydrogen-bond acceptors (Lipinski definition) is 5. The Morgan fingerprint density at radius 2 is 1.93 bits per heavy atom. The second kappa shape index (κ2) is 10.4. The van der Waals surface area contributed by atoms with Crippen molar-refractivity contribution < 1.29 is 33.4 Å². The van der Waals surface area contributed by atoms with Gasteiger partial charge in [-0.15, -0.1) is 0 Å². The van der Waals surface area contributed by atoms with Crippen molar-refractivity contribution in [2.75, 3.05) is 13.2 Å². The number of rotatable bonds is 8. The zero-order valence-electron chi connectivity index (χ0n) is 15.3. The molecule has 0 saturated carbocycles. The van der Waals surface area contributed by atoms with Crippen molar-refractivity contribution in [2.45, 2.75) is 44.4 Å². The first-order valence-corrected chi connectivity index (χ1v) is 9.00. The van der Waals surface area contributed by atoms with E-state index in [1.54, 1.807) is 12.1 Å². The number of piperidine rings is 1. The minimum absolute atomic E-state index is 0.0481. The van der Waals surface area contributed by atoms with Gasteiger partial charge in [-0.2, -0.15) is 0 Å². The van der Waals surface area contributed by atoms with E-state index in [9.17, 15) is 23.6 Å². The van der Waals surface area contributed by atoms with Crippen LogP contribution in [0.4, 0.5) is 9.18 Å². The number of benzene rings is 1. The molecular weight excluding hydrogens is 371 g/mol. The molecular formula is C19H23FN2O6. The third kappa shape index (κ3) is 6.04. The summed E-state index contributed by atoms with van der Waals surface area (Å²) in [7, 11) is 0. The van der Waals surface area contributed by atoms with Crippen LogP contribution in [-0.2, 0) is 25.7 Å². The summed E-state index contributed by atoms with van der Waals surface area (Å²) in [6, 6.07) is 6.68. The predicted molar refractivity (Wildman–Crippen MR) is 96.1 cm³/mol. The fourth-order valence-electron chi connectivity index (χ4n) is 3.01. The van der Waals surface area contributed by atoms with Gasteiger partial charge in [0.05, 0.1) is 6.42 Å². The van der Waals surface area contributed by atoms with E-state index < -0.39 is 48.9 Å². The van der Waals surface area contributed by atoms with Crippen LogP contribution >= 0.6 is 0 Å². The molecule has 1 fully saturated rings. The molecule has 2 atom stereocenters. The van der Waals surface area contributed by atoms with Crippen LogP contribution in [0.2, 0.25) is 0 Å².